The highest BCUT2D eigenvalue weighted by atomic mass is 16.9. The number of furan rings is 1. The zero-order chi connectivity index (χ0) is 27.6. The number of hydrogen-bond acceptors (Lipinski definition) is 10. The lowest BCUT2D eigenvalue weighted by Gasteiger charge is -2.77. The molecule has 10 heteroatoms. The Balaban J connectivity index is 1.41. The van der Waals surface area contributed by atoms with Gasteiger partial charge in [0.2, 0.25) is 0 Å². The maximum absolute atomic E-state index is 13.4. The molecule has 3 aliphatic heterocycles. The van der Waals surface area contributed by atoms with Gasteiger partial charge in [0.05, 0.1) is 32.2 Å². The first kappa shape index (κ1) is 24.8. The van der Waals surface area contributed by atoms with E-state index in [1.165, 1.54) is 19.6 Å². The third kappa shape index (κ3) is 2.19. The van der Waals surface area contributed by atoms with E-state index in [2.05, 4.69) is 13.8 Å². The number of hydrogen-bond donors (Lipinski definition) is 2. The number of aliphatic hydroxyl groups excluding tert-OH is 1. The van der Waals surface area contributed by atoms with Crippen LogP contribution < -0.4 is 0 Å². The quantitative estimate of drug-likeness (QED) is 0.545. The summed E-state index contributed by atoms with van der Waals surface area (Å²) in [6.07, 6.45) is 2.87. The van der Waals surface area contributed by atoms with Crippen LogP contribution in [0.25, 0.3) is 0 Å². The van der Waals surface area contributed by atoms with Crippen molar-refractivity contribution in [2.24, 2.45) is 28.1 Å². The fourth-order valence-corrected chi connectivity index (χ4v) is 11.7. The van der Waals surface area contributed by atoms with E-state index < -0.39 is 68.7 Å². The molecule has 212 valence electrons. The van der Waals surface area contributed by atoms with E-state index in [9.17, 15) is 19.8 Å². The highest BCUT2D eigenvalue weighted by molar-refractivity contribution is 5.74. The van der Waals surface area contributed by atoms with Gasteiger partial charge in [0, 0.05) is 35.7 Å². The summed E-state index contributed by atoms with van der Waals surface area (Å²) in [4.78, 5) is 26.2. The molecule has 8 rings (SSSR count). The first-order valence-corrected chi connectivity index (χ1v) is 14.0. The Hall–Kier alpha value is -1.98. The summed E-state index contributed by atoms with van der Waals surface area (Å²) in [5.74, 6) is -3.10. The fraction of sp³-hybridized carbons (Fsp3) is 0.793. The first-order chi connectivity index (χ1) is 18.2. The molecule has 3 saturated heterocycles. The van der Waals surface area contributed by atoms with Crippen LogP contribution in [-0.2, 0) is 33.3 Å². The molecule has 1 aromatic rings. The van der Waals surface area contributed by atoms with E-state index in [1.54, 1.807) is 13.0 Å². The van der Waals surface area contributed by atoms with E-state index in [0.717, 1.165) is 0 Å². The summed E-state index contributed by atoms with van der Waals surface area (Å²) in [7, 11) is 1.39. The van der Waals surface area contributed by atoms with Crippen molar-refractivity contribution < 1.29 is 47.9 Å². The monoisotopic (exact) mass is 544 g/mol. The number of fused-ring (bicyclic) bond motifs is 3. The van der Waals surface area contributed by atoms with Crippen molar-refractivity contribution in [1.82, 2.24) is 0 Å². The Morgan fingerprint density at radius 2 is 1.87 bits per heavy atom. The van der Waals surface area contributed by atoms with Gasteiger partial charge in [-0.25, -0.2) is 0 Å². The number of carbonyl (C=O) groups is 2. The molecule has 12 atom stereocenters. The topological polar surface area (TPSA) is 134 Å². The average Bonchev–Trinajstić information content (AvgIpc) is 3.57. The van der Waals surface area contributed by atoms with Gasteiger partial charge in [-0.05, 0) is 43.1 Å². The van der Waals surface area contributed by atoms with Crippen LogP contribution in [0.2, 0.25) is 0 Å². The van der Waals surface area contributed by atoms with Gasteiger partial charge in [-0.15, -0.1) is 0 Å². The Labute approximate surface area is 226 Å². The van der Waals surface area contributed by atoms with Crippen LogP contribution in [0.4, 0.5) is 0 Å². The number of aliphatic hydroxyl groups is 2. The number of rotatable bonds is 4. The summed E-state index contributed by atoms with van der Waals surface area (Å²) in [6.45, 7) is 7.87. The molecular formula is C29H36O10. The molecule has 0 amide bonds. The summed E-state index contributed by atoms with van der Waals surface area (Å²) >= 11 is 0. The highest BCUT2D eigenvalue weighted by Gasteiger charge is 3.01. The molecule has 12 unspecified atom stereocenters. The maximum atomic E-state index is 13.4. The SMILES string of the molecule is COC(=O)CC1C2(C)CC3(O)C4OC(=O)CC5C(C)(C(O)c6ccoc6)CCC67OC(C)(OC546)OC3(C2)C17C. The van der Waals surface area contributed by atoms with Crippen LogP contribution >= 0.6 is 0 Å². The zero-order valence-electron chi connectivity index (χ0n) is 22.9. The lowest BCUT2D eigenvalue weighted by Crippen LogP contribution is -2.92. The average molecular weight is 545 g/mol. The second kappa shape index (κ2) is 6.57. The third-order valence-electron chi connectivity index (χ3n) is 12.8. The molecule has 0 aromatic carbocycles. The van der Waals surface area contributed by atoms with Gasteiger partial charge in [-0.1, -0.05) is 20.8 Å². The van der Waals surface area contributed by atoms with Crippen LogP contribution in [0.15, 0.2) is 23.0 Å². The molecule has 1 aromatic heterocycles. The highest BCUT2D eigenvalue weighted by Crippen LogP contribution is 2.89. The van der Waals surface area contributed by atoms with Crippen molar-refractivity contribution in [3.05, 3.63) is 24.2 Å². The third-order valence-corrected chi connectivity index (χ3v) is 12.8. The van der Waals surface area contributed by atoms with E-state index in [1.807, 2.05) is 6.92 Å². The van der Waals surface area contributed by atoms with Gasteiger partial charge in [-0.3, -0.25) is 9.59 Å². The predicted octanol–water partition coefficient (Wildman–Crippen LogP) is 2.76. The summed E-state index contributed by atoms with van der Waals surface area (Å²) in [6, 6.07) is 1.73. The van der Waals surface area contributed by atoms with Crippen molar-refractivity contribution in [3.8, 4) is 0 Å². The molecule has 4 heterocycles. The first-order valence-electron chi connectivity index (χ1n) is 14.0. The van der Waals surface area contributed by atoms with Gasteiger partial charge in [-0.2, -0.15) is 0 Å². The minimum atomic E-state index is -1.58. The van der Waals surface area contributed by atoms with Gasteiger partial charge < -0.3 is 38.3 Å². The molecule has 4 saturated carbocycles. The van der Waals surface area contributed by atoms with E-state index in [-0.39, 0.29) is 31.1 Å². The van der Waals surface area contributed by atoms with Gasteiger partial charge in [0.25, 0.3) is 5.97 Å². The molecule has 7 aliphatic rings. The number of methoxy groups -OCH3 is 1. The summed E-state index contributed by atoms with van der Waals surface area (Å²) in [5.41, 5.74) is -6.75. The second-order valence-electron chi connectivity index (χ2n) is 14.2. The molecule has 3 spiro atoms. The molecule has 0 radical (unpaired) electrons. The molecular weight excluding hydrogens is 508 g/mol. The zero-order valence-corrected chi connectivity index (χ0v) is 22.9. The second-order valence-corrected chi connectivity index (χ2v) is 14.2. The standard InChI is InChI=1S/C29H36O10/c1-22-13-26(33)21-29-17(11-19(31)36-21)23(2,20(32)15-6-9-35-12-15)7-8-27(29)24(3,16(22)10-18(30)34-5)28(26,14-22)38-25(4,37-27)39-29/h6,9,12,16-17,20-21,32-33H,7-8,10-11,13-14H2,1-5H3. The lowest BCUT2D eigenvalue weighted by atomic mass is 9.33. The fourth-order valence-electron chi connectivity index (χ4n) is 11.7. The van der Waals surface area contributed by atoms with Crippen molar-refractivity contribution in [2.75, 3.05) is 7.11 Å². The van der Waals surface area contributed by atoms with Crippen molar-refractivity contribution in [1.29, 1.82) is 0 Å². The van der Waals surface area contributed by atoms with Crippen LogP contribution in [0.5, 0.6) is 0 Å². The minimum Gasteiger partial charge on any atom is -0.472 e. The largest absolute Gasteiger partial charge is 0.472 e. The Kier molecular flexibility index (Phi) is 4.17. The van der Waals surface area contributed by atoms with Crippen LogP contribution in [-0.4, -0.2) is 63.7 Å². The van der Waals surface area contributed by atoms with Gasteiger partial charge >= 0.3 is 11.9 Å². The van der Waals surface area contributed by atoms with Crippen molar-refractivity contribution in [3.63, 3.8) is 0 Å². The summed E-state index contributed by atoms with van der Waals surface area (Å²) < 4.78 is 37.4. The Morgan fingerprint density at radius 3 is 2.56 bits per heavy atom. The lowest BCUT2D eigenvalue weighted by molar-refractivity contribution is -0.472. The summed E-state index contributed by atoms with van der Waals surface area (Å²) in [5, 5.41) is 24.7. The Bertz CT molecular complexity index is 1310. The van der Waals surface area contributed by atoms with E-state index in [0.29, 0.717) is 24.8 Å². The predicted molar refractivity (Wildman–Crippen MR) is 129 cm³/mol. The normalized spacial score (nSPS) is 58.2. The van der Waals surface area contributed by atoms with E-state index in [4.69, 9.17) is 28.1 Å². The van der Waals surface area contributed by atoms with Crippen LogP contribution in [0.1, 0.15) is 77.9 Å². The van der Waals surface area contributed by atoms with Gasteiger partial charge in [0.15, 0.2) is 6.10 Å². The molecule has 4 aliphatic carbocycles. The van der Waals surface area contributed by atoms with Crippen LogP contribution in [0.3, 0.4) is 0 Å². The Morgan fingerprint density at radius 1 is 1.13 bits per heavy atom. The smallest absolute Gasteiger partial charge is 0.306 e. The molecule has 7 fully saturated rings. The minimum absolute atomic E-state index is 0.0127. The maximum Gasteiger partial charge on any atom is 0.306 e. The molecule has 10 nitrogen and oxygen atoms in total. The number of carbonyl (C=O) groups excluding carboxylic acids is 2. The van der Waals surface area contributed by atoms with Crippen molar-refractivity contribution >= 4 is 11.9 Å². The molecule has 2 N–H and O–H groups in total. The van der Waals surface area contributed by atoms with Crippen LogP contribution in [0, 0.1) is 28.1 Å². The molecule has 4 bridgehead atoms. The van der Waals surface area contributed by atoms with Gasteiger partial charge in [0.1, 0.15) is 22.4 Å². The van der Waals surface area contributed by atoms with E-state index >= 15 is 0 Å². The number of esters is 2. The molecule has 39 heavy (non-hydrogen) atoms. The van der Waals surface area contributed by atoms with Crippen molar-refractivity contribution in [2.45, 2.75) is 107 Å². The number of ether oxygens (including phenoxy) is 5.